The first-order valence-corrected chi connectivity index (χ1v) is 9.01. The number of hydrogen-bond donors (Lipinski definition) is 0. The number of carbonyl (C=O) groups is 1. The van der Waals surface area contributed by atoms with Crippen molar-refractivity contribution in [3.63, 3.8) is 0 Å². The number of benzene rings is 2. The Morgan fingerprint density at radius 1 is 1.04 bits per heavy atom. The highest BCUT2D eigenvalue weighted by molar-refractivity contribution is 5.93. The van der Waals surface area contributed by atoms with Gasteiger partial charge in [-0.2, -0.15) is 0 Å². The van der Waals surface area contributed by atoms with Gasteiger partial charge in [0.25, 0.3) is 0 Å². The summed E-state index contributed by atoms with van der Waals surface area (Å²) in [5.41, 5.74) is 2.66. The highest BCUT2D eigenvalue weighted by Gasteiger charge is 2.18. The minimum Gasteiger partial charge on any atom is -0.488 e. The minimum absolute atomic E-state index is 0.337. The first-order chi connectivity index (χ1) is 12.3. The van der Waals surface area contributed by atoms with Crippen molar-refractivity contribution in [3.05, 3.63) is 59.7 Å². The van der Waals surface area contributed by atoms with Crippen molar-refractivity contribution < 1.29 is 14.3 Å². The molecule has 0 aliphatic carbocycles. The van der Waals surface area contributed by atoms with E-state index in [1.807, 2.05) is 55.5 Å². The lowest BCUT2D eigenvalue weighted by molar-refractivity contribution is 0.0521. The average Bonchev–Trinajstić information content (AvgIpc) is 2.68. The maximum atomic E-state index is 12.2. The van der Waals surface area contributed by atoms with E-state index in [2.05, 4.69) is 4.90 Å². The second-order valence-electron chi connectivity index (χ2n) is 6.22. The average molecular weight is 339 g/mol. The molecule has 1 aliphatic rings. The van der Waals surface area contributed by atoms with Crippen molar-refractivity contribution in [2.45, 2.75) is 32.8 Å². The van der Waals surface area contributed by atoms with Crippen LogP contribution in [0.4, 0.5) is 5.69 Å². The van der Waals surface area contributed by atoms with E-state index >= 15 is 0 Å². The lowest BCUT2D eigenvalue weighted by Crippen LogP contribution is -2.29. The Bertz CT molecular complexity index is 694. The van der Waals surface area contributed by atoms with Crippen LogP contribution in [0.15, 0.2) is 48.5 Å². The molecule has 0 aromatic heterocycles. The molecule has 0 spiro atoms. The number of nitrogens with zero attached hydrogens (tertiary/aromatic N) is 1. The van der Waals surface area contributed by atoms with Crippen LogP contribution in [0, 0.1) is 0 Å². The Labute approximate surface area is 149 Å². The number of esters is 1. The molecule has 1 saturated heterocycles. The van der Waals surface area contributed by atoms with Crippen LogP contribution in [0.1, 0.15) is 42.1 Å². The standard InChI is InChI=1S/C21H25NO3/c1-2-24-21(23)19-12-11-18(22-13-7-4-8-14-22)15-20(19)25-16-17-9-5-3-6-10-17/h3,5-6,9-12,15H,2,4,7-8,13-14,16H2,1H3. The molecule has 1 fully saturated rings. The van der Waals surface area contributed by atoms with Crippen LogP contribution < -0.4 is 9.64 Å². The van der Waals surface area contributed by atoms with Crippen molar-refractivity contribution in [2.75, 3.05) is 24.6 Å². The maximum absolute atomic E-state index is 12.2. The number of anilines is 1. The fourth-order valence-corrected chi connectivity index (χ4v) is 3.09. The zero-order valence-electron chi connectivity index (χ0n) is 14.7. The summed E-state index contributed by atoms with van der Waals surface area (Å²) < 4.78 is 11.2. The highest BCUT2D eigenvalue weighted by Crippen LogP contribution is 2.29. The van der Waals surface area contributed by atoms with Crippen LogP contribution in [0.5, 0.6) is 5.75 Å². The van der Waals surface area contributed by atoms with Gasteiger partial charge in [0, 0.05) is 24.8 Å². The quantitative estimate of drug-likeness (QED) is 0.730. The molecule has 0 atom stereocenters. The predicted octanol–water partition coefficient (Wildman–Crippen LogP) is 4.43. The van der Waals surface area contributed by atoms with Gasteiger partial charge in [0.15, 0.2) is 0 Å². The van der Waals surface area contributed by atoms with Crippen molar-refractivity contribution in [1.29, 1.82) is 0 Å². The topological polar surface area (TPSA) is 38.8 Å². The lowest BCUT2D eigenvalue weighted by atomic mass is 10.1. The second kappa shape index (κ2) is 8.56. The van der Waals surface area contributed by atoms with Gasteiger partial charge >= 0.3 is 5.97 Å². The smallest absolute Gasteiger partial charge is 0.341 e. The summed E-state index contributed by atoms with van der Waals surface area (Å²) in [6, 6.07) is 15.8. The van der Waals surface area contributed by atoms with Crippen LogP contribution in [-0.4, -0.2) is 25.7 Å². The minimum atomic E-state index is -0.337. The molecule has 0 radical (unpaired) electrons. The number of ether oxygens (including phenoxy) is 2. The number of rotatable bonds is 6. The van der Waals surface area contributed by atoms with E-state index in [0.717, 1.165) is 24.3 Å². The zero-order chi connectivity index (χ0) is 17.5. The Balaban J connectivity index is 1.83. The van der Waals surface area contributed by atoms with E-state index in [-0.39, 0.29) is 5.97 Å². The first-order valence-electron chi connectivity index (χ1n) is 9.01. The summed E-state index contributed by atoms with van der Waals surface area (Å²) >= 11 is 0. The summed E-state index contributed by atoms with van der Waals surface area (Å²) in [7, 11) is 0. The third kappa shape index (κ3) is 4.53. The molecular weight excluding hydrogens is 314 g/mol. The fraction of sp³-hybridized carbons (Fsp3) is 0.381. The summed E-state index contributed by atoms with van der Waals surface area (Å²) in [6.45, 7) is 4.69. The monoisotopic (exact) mass is 339 g/mol. The molecule has 4 nitrogen and oxygen atoms in total. The van der Waals surface area contributed by atoms with E-state index in [9.17, 15) is 4.79 Å². The maximum Gasteiger partial charge on any atom is 0.341 e. The van der Waals surface area contributed by atoms with Crippen LogP contribution in [0.3, 0.4) is 0 Å². The normalized spacial score (nSPS) is 14.2. The molecule has 3 rings (SSSR count). The Morgan fingerprint density at radius 3 is 2.52 bits per heavy atom. The number of hydrogen-bond acceptors (Lipinski definition) is 4. The van der Waals surface area contributed by atoms with E-state index < -0.39 is 0 Å². The first kappa shape index (κ1) is 17.3. The van der Waals surface area contributed by atoms with Crippen LogP contribution in [-0.2, 0) is 11.3 Å². The summed E-state index contributed by atoms with van der Waals surface area (Å²) in [4.78, 5) is 14.6. The van der Waals surface area contributed by atoms with Gasteiger partial charge in [0.05, 0.1) is 6.61 Å². The van der Waals surface area contributed by atoms with Gasteiger partial charge in [0.2, 0.25) is 0 Å². The molecule has 2 aromatic carbocycles. The van der Waals surface area contributed by atoms with Crippen LogP contribution in [0.2, 0.25) is 0 Å². The Morgan fingerprint density at radius 2 is 1.80 bits per heavy atom. The van der Waals surface area contributed by atoms with Crippen molar-refractivity contribution in [3.8, 4) is 5.75 Å². The molecule has 2 aromatic rings. The van der Waals surface area contributed by atoms with Gasteiger partial charge in [0.1, 0.15) is 17.9 Å². The third-order valence-electron chi connectivity index (χ3n) is 4.42. The zero-order valence-corrected chi connectivity index (χ0v) is 14.7. The summed E-state index contributed by atoms with van der Waals surface area (Å²) in [5.74, 6) is 0.251. The number of piperidine rings is 1. The molecular formula is C21H25NO3. The number of carbonyl (C=O) groups excluding carboxylic acids is 1. The second-order valence-corrected chi connectivity index (χ2v) is 6.22. The van der Waals surface area contributed by atoms with Crippen molar-refractivity contribution in [1.82, 2.24) is 0 Å². The van der Waals surface area contributed by atoms with Gasteiger partial charge in [-0.3, -0.25) is 0 Å². The van der Waals surface area contributed by atoms with Gasteiger partial charge < -0.3 is 14.4 Å². The molecule has 25 heavy (non-hydrogen) atoms. The van der Waals surface area contributed by atoms with E-state index in [0.29, 0.717) is 24.5 Å². The van der Waals surface area contributed by atoms with Gasteiger partial charge in [-0.15, -0.1) is 0 Å². The van der Waals surface area contributed by atoms with Gasteiger partial charge in [-0.1, -0.05) is 30.3 Å². The summed E-state index contributed by atoms with van der Waals surface area (Å²) in [6.07, 6.45) is 3.70. The van der Waals surface area contributed by atoms with Crippen LogP contribution in [0.25, 0.3) is 0 Å². The molecule has 0 N–H and O–H groups in total. The molecule has 0 saturated carbocycles. The Kier molecular flexibility index (Phi) is 5.94. The van der Waals surface area contributed by atoms with Crippen molar-refractivity contribution >= 4 is 11.7 Å². The molecule has 0 unspecified atom stereocenters. The lowest BCUT2D eigenvalue weighted by Gasteiger charge is -2.29. The molecule has 1 heterocycles. The molecule has 4 heteroatoms. The fourth-order valence-electron chi connectivity index (χ4n) is 3.09. The Hall–Kier alpha value is -2.49. The molecule has 0 bridgehead atoms. The van der Waals surface area contributed by atoms with E-state index in [1.165, 1.54) is 19.3 Å². The largest absolute Gasteiger partial charge is 0.488 e. The van der Waals surface area contributed by atoms with Gasteiger partial charge in [-0.05, 0) is 43.9 Å². The van der Waals surface area contributed by atoms with E-state index in [4.69, 9.17) is 9.47 Å². The highest BCUT2D eigenvalue weighted by atomic mass is 16.5. The predicted molar refractivity (Wildman–Crippen MR) is 99.2 cm³/mol. The SMILES string of the molecule is CCOC(=O)c1ccc(N2CCCCC2)cc1OCc1ccccc1. The third-order valence-corrected chi connectivity index (χ3v) is 4.42. The molecule has 1 aliphatic heterocycles. The molecule has 132 valence electrons. The van der Waals surface area contributed by atoms with Crippen LogP contribution >= 0.6 is 0 Å². The molecule has 0 amide bonds. The van der Waals surface area contributed by atoms with Gasteiger partial charge in [-0.25, -0.2) is 4.79 Å². The summed E-state index contributed by atoms with van der Waals surface area (Å²) in [5, 5.41) is 0. The van der Waals surface area contributed by atoms with Crippen molar-refractivity contribution in [2.24, 2.45) is 0 Å². The van der Waals surface area contributed by atoms with E-state index in [1.54, 1.807) is 0 Å².